The summed E-state index contributed by atoms with van der Waals surface area (Å²) in [5, 5.41) is 3.17. The van der Waals surface area contributed by atoms with Crippen molar-refractivity contribution in [3.05, 3.63) is 29.8 Å². The molecule has 0 atom stereocenters. The van der Waals surface area contributed by atoms with Crippen LogP contribution in [-0.4, -0.2) is 38.2 Å². The van der Waals surface area contributed by atoms with Gasteiger partial charge in [0, 0.05) is 19.1 Å². The molecule has 1 saturated carbocycles. The number of ether oxygens (including phenoxy) is 1. The predicted octanol–water partition coefficient (Wildman–Crippen LogP) is 3.30. The van der Waals surface area contributed by atoms with Crippen LogP contribution in [0.3, 0.4) is 0 Å². The SMILES string of the molecule is CNCc1cccc(OCCN(C)C2CCC(C)CC2)c1. The largest absolute Gasteiger partial charge is 0.492 e. The summed E-state index contributed by atoms with van der Waals surface area (Å²) in [5.74, 6) is 1.90. The van der Waals surface area contributed by atoms with Gasteiger partial charge >= 0.3 is 0 Å². The van der Waals surface area contributed by atoms with Gasteiger partial charge in [-0.2, -0.15) is 0 Å². The first kappa shape index (κ1) is 16.3. The van der Waals surface area contributed by atoms with Gasteiger partial charge in [-0.15, -0.1) is 0 Å². The molecule has 1 N–H and O–H groups in total. The molecular formula is C18H30N2O. The van der Waals surface area contributed by atoms with Crippen LogP contribution in [0.1, 0.15) is 38.2 Å². The lowest BCUT2D eigenvalue weighted by molar-refractivity contribution is 0.145. The molecule has 0 aliphatic heterocycles. The molecule has 0 amide bonds. The maximum absolute atomic E-state index is 5.91. The molecule has 1 fully saturated rings. The van der Waals surface area contributed by atoms with Crippen LogP contribution < -0.4 is 10.1 Å². The fourth-order valence-electron chi connectivity index (χ4n) is 3.12. The summed E-state index contributed by atoms with van der Waals surface area (Å²) >= 11 is 0. The highest BCUT2D eigenvalue weighted by Gasteiger charge is 2.21. The maximum Gasteiger partial charge on any atom is 0.119 e. The van der Waals surface area contributed by atoms with Gasteiger partial charge in [-0.05, 0) is 63.4 Å². The summed E-state index contributed by atoms with van der Waals surface area (Å²) < 4.78 is 5.91. The molecule has 0 bridgehead atoms. The van der Waals surface area contributed by atoms with E-state index in [0.29, 0.717) is 0 Å². The van der Waals surface area contributed by atoms with Gasteiger partial charge < -0.3 is 15.0 Å². The van der Waals surface area contributed by atoms with E-state index in [2.05, 4.69) is 42.4 Å². The van der Waals surface area contributed by atoms with E-state index in [1.807, 2.05) is 13.1 Å². The second-order valence-electron chi connectivity index (χ2n) is 6.42. The predicted molar refractivity (Wildman–Crippen MR) is 88.8 cm³/mol. The average Bonchev–Trinajstić information content (AvgIpc) is 2.48. The number of nitrogens with one attached hydrogen (secondary N) is 1. The number of benzene rings is 1. The molecule has 0 radical (unpaired) electrons. The van der Waals surface area contributed by atoms with E-state index in [1.165, 1.54) is 31.2 Å². The summed E-state index contributed by atoms with van der Waals surface area (Å²) in [6.45, 7) is 5.04. The molecular weight excluding hydrogens is 260 g/mol. The Hall–Kier alpha value is -1.06. The number of hydrogen-bond acceptors (Lipinski definition) is 3. The first-order valence-corrected chi connectivity index (χ1v) is 8.25. The Morgan fingerprint density at radius 2 is 2.00 bits per heavy atom. The maximum atomic E-state index is 5.91. The van der Waals surface area contributed by atoms with Crippen LogP contribution in [0.25, 0.3) is 0 Å². The summed E-state index contributed by atoms with van der Waals surface area (Å²) in [5.41, 5.74) is 1.27. The van der Waals surface area contributed by atoms with Crippen molar-refractivity contribution in [3.8, 4) is 5.75 Å². The molecule has 0 heterocycles. The molecule has 0 unspecified atom stereocenters. The minimum absolute atomic E-state index is 0.750. The molecule has 1 aliphatic rings. The van der Waals surface area contributed by atoms with E-state index in [4.69, 9.17) is 4.74 Å². The van der Waals surface area contributed by atoms with Crippen LogP contribution in [0.4, 0.5) is 0 Å². The van der Waals surface area contributed by atoms with Gasteiger partial charge in [-0.3, -0.25) is 0 Å². The molecule has 1 aromatic carbocycles. The lowest BCUT2D eigenvalue weighted by atomic mass is 9.87. The zero-order chi connectivity index (χ0) is 15.1. The summed E-state index contributed by atoms with van der Waals surface area (Å²) in [4.78, 5) is 2.48. The smallest absolute Gasteiger partial charge is 0.119 e. The molecule has 1 aliphatic carbocycles. The first-order chi connectivity index (χ1) is 10.2. The normalized spacial score (nSPS) is 22.5. The van der Waals surface area contributed by atoms with Crippen LogP contribution >= 0.6 is 0 Å². The quantitative estimate of drug-likeness (QED) is 0.834. The van der Waals surface area contributed by atoms with Gasteiger partial charge in [0.05, 0.1) is 0 Å². The minimum Gasteiger partial charge on any atom is -0.492 e. The van der Waals surface area contributed by atoms with Crippen molar-refractivity contribution in [2.24, 2.45) is 5.92 Å². The zero-order valence-electron chi connectivity index (χ0n) is 13.8. The van der Waals surface area contributed by atoms with E-state index >= 15 is 0 Å². The first-order valence-electron chi connectivity index (χ1n) is 8.25. The van der Waals surface area contributed by atoms with Crippen molar-refractivity contribution in [1.82, 2.24) is 10.2 Å². The monoisotopic (exact) mass is 290 g/mol. The van der Waals surface area contributed by atoms with Gasteiger partial charge in [0.1, 0.15) is 12.4 Å². The molecule has 3 nitrogen and oxygen atoms in total. The second-order valence-corrected chi connectivity index (χ2v) is 6.42. The fourth-order valence-corrected chi connectivity index (χ4v) is 3.12. The molecule has 0 spiro atoms. The van der Waals surface area contributed by atoms with Crippen molar-refractivity contribution in [2.45, 2.75) is 45.2 Å². The lowest BCUT2D eigenvalue weighted by Crippen LogP contribution is -2.37. The molecule has 2 rings (SSSR count). The van der Waals surface area contributed by atoms with E-state index in [0.717, 1.165) is 37.4 Å². The van der Waals surface area contributed by atoms with Crippen LogP contribution in [0.15, 0.2) is 24.3 Å². The second kappa shape index (κ2) is 8.40. The van der Waals surface area contributed by atoms with Crippen LogP contribution in [0.2, 0.25) is 0 Å². The number of rotatable bonds is 7. The Kier molecular flexibility index (Phi) is 6.52. The standard InChI is InChI=1S/C18H30N2O/c1-15-7-9-17(10-8-15)20(3)11-12-21-18-6-4-5-16(13-18)14-19-2/h4-6,13,15,17,19H,7-12,14H2,1-3H3. The van der Waals surface area contributed by atoms with Crippen molar-refractivity contribution in [2.75, 3.05) is 27.2 Å². The third-order valence-corrected chi connectivity index (χ3v) is 4.60. The van der Waals surface area contributed by atoms with E-state index < -0.39 is 0 Å². The van der Waals surface area contributed by atoms with Gasteiger partial charge in [0.2, 0.25) is 0 Å². The van der Waals surface area contributed by atoms with Gasteiger partial charge in [-0.25, -0.2) is 0 Å². The Morgan fingerprint density at radius 1 is 1.24 bits per heavy atom. The van der Waals surface area contributed by atoms with Crippen molar-refractivity contribution in [3.63, 3.8) is 0 Å². The molecule has 118 valence electrons. The third kappa shape index (κ3) is 5.33. The average molecular weight is 290 g/mol. The highest BCUT2D eigenvalue weighted by atomic mass is 16.5. The lowest BCUT2D eigenvalue weighted by Gasteiger charge is -2.33. The zero-order valence-corrected chi connectivity index (χ0v) is 13.8. The number of hydrogen-bond donors (Lipinski definition) is 1. The minimum atomic E-state index is 0.750. The molecule has 3 heteroatoms. The summed E-state index contributed by atoms with van der Waals surface area (Å²) in [6.07, 6.45) is 5.44. The molecule has 0 aromatic heterocycles. The number of nitrogens with zero attached hydrogens (tertiary/aromatic N) is 1. The topological polar surface area (TPSA) is 24.5 Å². The molecule has 1 aromatic rings. The highest BCUT2D eigenvalue weighted by Crippen LogP contribution is 2.26. The van der Waals surface area contributed by atoms with Crippen LogP contribution in [0, 0.1) is 5.92 Å². The van der Waals surface area contributed by atoms with E-state index in [1.54, 1.807) is 0 Å². The van der Waals surface area contributed by atoms with E-state index in [9.17, 15) is 0 Å². The molecule has 21 heavy (non-hydrogen) atoms. The van der Waals surface area contributed by atoms with Crippen LogP contribution in [0.5, 0.6) is 5.75 Å². The Bertz CT molecular complexity index is 413. The van der Waals surface area contributed by atoms with Crippen molar-refractivity contribution >= 4 is 0 Å². The highest BCUT2D eigenvalue weighted by molar-refractivity contribution is 5.28. The summed E-state index contributed by atoms with van der Waals surface area (Å²) in [7, 11) is 4.20. The van der Waals surface area contributed by atoms with Gasteiger partial charge in [-0.1, -0.05) is 19.1 Å². The summed E-state index contributed by atoms with van der Waals surface area (Å²) in [6, 6.07) is 9.10. The van der Waals surface area contributed by atoms with Crippen LogP contribution in [-0.2, 0) is 6.54 Å². The Labute approximate surface area is 129 Å². The van der Waals surface area contributed by atoms with Gasteiger partial charge in [0.25, 0.3) is 0 Å². The third-order valence-electron chi connectivity index (χ3n) is 4.60. The molecule has 0 saturated heterocycles. The van der Waals surface area contributed by atoms with Crippen molar-refractivity contribution < 1.29 is 4.74 Å². The van der Waals surface area contributed by atoms with E-state index in [-0.39, 0.29) is 0 Å². The van der Waals surface area contributed by atoms with Crippen molar-refractivity contribution in [1.29, 1.82) is 0 Å². The Morgan fingerprint density at radius 3 is 2.71 bits per heavy atom. The van der Waals surface area contributed by atoms with Gasteiger partial charge in [0.15, 0.2) is 0 Å². The Balaban J connectivity index is 1.72. The number of likely N-dealkylation sites (N-methyl/N-ethyl adjacent to an activating group) is 1. The fraction of sp³-hybridized carbons (Fsp3) is 0.667.